The van der Waals surface area contributed by atoms with E-state index in [4.69, 9.17) is 10.4 Å². The maximum absolute atomic E-state index is 13.3. The van der Waals surface area contributed by atoms with Gasteiger partial charge in [-0.2, -0.15) is 0 Å². The molecule has 4 heterocycles. The van der Waals surface area contributed by atoms with Crippen molar-refractivity contribution >= 4 is 29.2 Å². The molecule has 0 aromatic carbocycles. The number of nitrogens with one attached hydrogen (secondary N) is 2. The number of aryl methyl sites for hydroxylation is 1. The molecule has 1 saturated heterocycles. The maximum Gasteiger partial charge on any atom is 0.355 e. The Morgan fingerprint density at radius 2 is 2.03 bits per heavy atom. The number of carbonyl (C=O) groups excluding carboxylic acids is 2. The molecular formula is C27H33N7O3. The van der Waals surface area contributed by atoms with Gasteiger partial charge in [0.2, 0.25) is 5.95 Å². The first kappa shape index (κ1) is 26.2. The average molecular weight is 504 g/mol. The molecule has 0 spiro atoms. The molecule has 1 fully saturated rings. The van der Waals surface area contributed by atoms with Crippen molar-refractivity contribution in [3.8, 4) is 0 Å². The predicted octanol–water partition coefficient (Wildman–Crippen LogP) is 3.31. The third-order valence-electron chi connectivity index (χ3n) is 6.77. The third-order valence-corrected chi connectivity index (χ3v) is 6.77. The van der Waals surface area contributed by atoms with E-state index >= 15 is 0 Å². The lowest BCUT2D eigenvalue weighted by molar-refractivity contribution is -0.132. The highest BCUT2D eigenvalue weighted by Crippen LogP contribution is 2.30. The maximum atomic E-state index is 13.3. The van der Waals surface area contributed by atoms with E-state index in [1.54, 1.807) is 25.3 Å². The minimum Gasteiger partial charge on any atom is -0.464 e. The number of methoxy groups -OCH3 is 1. The van der Waals surface area contributed by atoms with Crippen LogP contribution < -0.4 is 5.32 Å². The summed E-state index contributed by atoms with van der Waals surface area (Å²) < 4.78 is 4.60. The van der Waals surface area contributed by atoms with E-state index in [9.17, 15) is 9.59 Å². The van der Waals surface area contributed by atoms with Gasteiger partial charge in [-0.25, -0.2) is 14.8 Å². The van der Waals surface area contributed by atoms with Gasteiger partial charge in [-0.15, -0.1) is 0 Å². The van der Waals surface area contributed by atoms with E-state index in [1.807, 2.05) is 37.1 Å². The molecule has 0 unspecified atom stereocenters. The Bertz CT molecular complexity index is 1240. The van der Waals surface area contributed by atoms with E-state index < -0.39 is 5.97 Å². The molecule has 0 saturated carbocycles. The van der Waals surface area contributed by atoms with E-state index in [1.165, 1.54) is 13.2 Å². The summed E-state index contributed by atoms with van der Waals surface area (Å²) in [6.07, 6.45) is 9.95. The topological polar surface area (TPSA) is 124 Å². The third kappa shape index (κ3) is 6.08. The highest BCUT2D eigenvalue weighted by atomic mass is 16.5. The summed E-state index contributed by atoms with van der Waals surface area (Å²) in [6.45, 7) is 7.91. The quantitative estimate of drug-likeness (QED) is 0.255. The molecule has 0 aliphatic carbocycles. The van der Waals surface area contributed by atoms with Crippen molar-refractivity contribution in [3.05, 3.63) is 65.3 Å². The fourth-order valence-corrected chi connectivity index (χ4v) is 4.80. The lowest BCUT2D eigenvalue weighted by Crippen LogP contribution is -2.50. The molecule has 2 aliphatic heterocycles. The summed E-state index contributed by atoms with van der Waals surface area (Å²) in [4.78, 5) is 42.7. The second-order valence-corrected chi connectivity index (χ2v) is 9.41. The molecule has 1 amide bonds. The highest BCUT2D eigenvalue weighted by Gasteiger charge is 2.35. The summed E-state index contributed by atoms with van der Waals surface area (Å²) in [5.74, 6) is -0.400. The zero-order valence-corrected chi connectivity index (χ0v) is 21.7. The monoisotopic (exact) mass is 503 g/mol. The minimum absolute atomic E-state index is 0.00766. The fraction of sp³-hybridized carbons (Fsp3) is 0.407. The van der Waals surface area contributed by atoms with Gasteiger partial charge in [0.05, 0.1) is 24.7 Å². The molecule has 37 heavy (non-hydrogen) atoms. The largest absolute Gasteiger partial charge is 0.464 e. The van der Waals surface area contributed by atoms with Crippen LogP contribution in [0, 0.1) is 12.3 Å². The Morgan fingerprint density at radius 1 is 1.22 bits per heavy atom. The number of carbonyl (C=O) groups is 2. The van der Waals surface area contributed by atoms with Crippen molar-refractivity contribution in [1.29, 1.82) is 5.41 Å². The van der Waals surface area contributed by atoms with Crippen LogP contribution in [0.3, 0.4) is 0 Å². The second kappa shape index (κ2) is 11.4. The molecular weight excluding hydrogens is 470 g/mol. The highest BCUT2D eigenvalue weighted by molar-refractivity contribution is 6.40. The van der Waals surface area contributed by atoms with Gasteiger partial charge >= 0.3 is 5.97 Å². The first-order valence-electron chi connectivity index (χ1n) is 12.4. The second-order valence-electron chi connectivity index (χ2n) is 9.41. The number of rotatable bonds is 7. The Balaban J connectivity index is 1.38. The molecule has 2 aromatic rings. The molecule has 4 rings (SSSR count). The standard InChI is InChI=1S/C27H33N7O3/c1-5-6-19(12-23(28)26(36)37-4)25(35)34-10-9-22(11-18(34)3)33-15-20-13-30-27(32-24(20)16-33)31-21-8-7-17(2)29-14-21/h5-8,12-14,18,22,28H,9-11,15-16H2,1-4H3,(H,30,31,32)/b6-5-,19-12+,28-23?/t18-,22-/m1/s1. The molecule has 10 heteroatoms. The van der Waals surface area contributed by atoms with Crippen LogP contribution in [0.5, 0.6) is 0 Å². The van der Waals surface area contributed by atoms with Crippen LogP contribution in [0.15, 0.2) is 48.3 Å². The van der Waals surface area contributed by atoms with Gasteiger partial charge in [0.15, 0.2) is 0 Å². The number of esters is 1. The number of likely N-dealkylation sites (tertiary alicyclic amines) is 1. The minimum atomic E-state index is -0.771. The van der Waals surface area contributed by atoms with Crippen LogP contribution in [0.2, 0.25) is 0 Å². The Hall–Kier alpha value is -3.92. The molecule has 0 radical (unpaired) electrons. The van der Waals surface area contributed by atoms with Gasteiger partial charge in [-0.3, -0.25) is 20.1 Å². The number of amides is 1. The fourth-order valence-electron chi connectivity index (χ4n) is 4.80. The van der Waals surface area contributed by atoms with E-state index in [-0.39, 0.29) is 17.7 Å². The van der Waals surface area contributed by atoms with Crippen LogP contribution in [-0.2, 0) is 27.4 Å². The Kier molecular flexibility index (Phi) is 8.08. The number of hydrogen-bond acceptors (Lipinski definition) is 9. The summed E-state index contributed by atoms with van der Waals surface area (Å²) in [7, 11) is 1.22. The lowest BCUT2D eigenvalue weighted by atomic mass is 9.95. The first-order chi connectivity index (χ1) is 17.8. The van der Waals surface area contributed by atoms with Crippen molar-refractivity contribution in [1.82, 2.24) is 24.8 Å². The normalized spacial score (nSPS) is 20.1. The van der Waals surface area contributed by atoms with Gasteiger partial charge in [-0.1, -0.05) is 12.2 Å². The van der Waals surface area contributed by atoms with Crippen LogP contribution in [0.4, 0.5) is 11.6 Å². The van der Waals surface area contributed by atoms with Crippen molar-refractivity contribution in [3.63, 3.8) is 0 Å². The number of ether oxygens (including phenoxy) is 1. The number of aromatic nitrogens is 3. The van der Waals surface area contributed by atoms with Crippen LogP contribution >= 0.6 is 0 Å². The van der Waals surface area contributed by atoms with E-state index in [2.05, 4.69) is 24.9 Å². The summed E-state index contributed by atoms with van der Waals surface area (Å²) in [6, 6.07) is 4.22. The molecule has 2 aliphatic rings. The first-order valence-corrected chi connectivity index (χ1v) is 12.4. The van der Waals surface area contributed by atoms with Gasteiger partial charge in [-0.05, 0) is 51.8 Å². The van der Waals surface area contributed by atoms with Crippen molar-refractivity contribution in [2.45, 2.75) is 58.8 Å². The van der Waals surface area contributed by atoms with Crippen molar-refractivity contribution < 1.29 is 14.3 Å². The summed E-state index contributed by atoms with van der Waals surface area (Å²) >= 11 is 0. The summed E-state index contributed by atoms with van der Waals surface area (Å²) in [5, 5.41) is 11.1. The number of hydrogen-bond donors (Lipinski definition) is 2. The summed E-state index contributed by atoms with van der Waals surface area (Å²) in [5.41, 5.74) is 3.89. The van der Waals surface area contributed by atoms with Gasteiger partial charge in [0.25, 0.3) is 5.91 Å². The van der Waals surface area contributed by atoms with Crippen molar-refractivity contribution in [2.24, 2.45) is 0 Å². The molecule has 2 aromatic heterocycles. The molecule has 194 valence electrons. The van der Waals surface area contributed by atoms with Gasteiger partial charge < -0.3 is 15.0 Å². The number of piperidine rings is 1. The zero-order chi connectivity index (χ0) is 26.5. The van der Waals surface area contributed by atoms with Crippen LogP contribution in [-0.4, -0.2) is 68.1 Å². The number of fused-ring (bicyclic) bond motifs is 1. The van der Waals surface area contributed by atoms with Crippen molar-refractivity contribution in [2.75, 3.05) is 19.0 Å². The van der Waals surface area contributed by atoms with E-state index in [0.29, 0.717) is 24.1 Å². The lowest BCUT2D eigenvalue weighted by Gasteiger charge is -2.41. The SMILES string of the molecule is C/C=C\C(=C/C(=N)C(=O)OC)C(=O)N1CC[C@@H](N2Cc3cnc(Nc4ccc(C)nc4)nc3C2)C[C@H]1C. The van der Waals surface area contributed by atoms with E-state index in [0.717, 1.165) is 48.6 Å². The predicted molar refractivity (Wildman–Crippen MR) is 140 cm³/mol. The molecule has 10 nitrogen and oxygen atoms in total. The molecule has 0 bridgehead atoms. The number of pyridine rings is 1. The van der Waals surface area contributed by atoms with Crippen LogP contribution in [0.25, 0.3) is 0 Å². The smallest absolute Gasteiger partial charge is 0.355 e. The van der Waals surface area contributed by atoms with Crippen LogP contribution in [0.1, 0.15) is 43.6 Å². The number of allylic oxidation sites excluding steroid dienone is 1. The Labute approximate surface area is 217 Å². The zero-order valence-electron chi connectivity index (χ0n) is 21.7. The number of nitrogens with zero attached hydrogens (tertiary/aromatic N) is 5. The average Bonchev–Trinajstić information content (AvgIpc) is 3.32. The van der Waals surface area contributed by atoms with Gasteiger partial charge in [0.1, 0.15) is 5.71 Å². The molecule has 2 atom stereocenters. The number of anilines is 2. The Morgan fingerprint density at radius 3 is 2.70 bits per heavy atom. The molecule has 2 N–H and O–H groups in total. The van der Waals surface area contributed by atoms with Gasteiger partial charge in [0, 0.05) is 54.7 Å².